The summed E-state index contributed by atoms with van der Waals surface area (Å²) in [5, 5.41) is 2.55. The van der Waals surface area contributed by atoms with Crippen molar-refractivity contribution in [1.29, 1.82) is 0 Å². The first-order valence-corrected chi connectivity index (χ1v) is 12.7. The number of hydrogen-bond acceptors (Lipinski definition) is 7. The van der Waals surface area contributed by atoms with Crippen LogP contribution < -0.4 is 14.4 Å². The first kappa shape index (κ1) is 23.5. The molecule has 1 amide bonds. The molecule has 0 unspecified atom stereocenters. The fourth-order valence-electron chi connectivity index (χ4n) is 4.37. The molecule has 0 spiro atoms. The first-order chi connectivity index (χ1) is 17.2. The summed E-state index contributed by atoms with van der Waals surface area (Å²) in [6, 6.07) is 17.6. The number of fused-ring (bicyclic) bond motifs is 2. The fraction of sp³-hybridized carbons (Fsp3) is 0.333. The zero-order chi connectivity index (χ0) is 24.2. The number of ether oxygens (including phenoxy) is 3. The first-order valence-electron chi connectivity index (χ1n) is 11.9. The van der Waals surface area contributed by atoms with Crippen LogP contribution in [0, 0.1) is 0 Å². The molecule has 182 valence electrons. The van der Waals surface area contributed by atoms with Gasteiger partial charge in [0.15, 0.2) is 5.13 Å². The molecule has 1 aliphatic rings. The predicted octanol–water partition coefficient (Wildman–Crippen LogP) is 4.84. The van der Waals surface area contributed by atoms with E-state index in [9.17, 15) is 4.79 Å². The number of nitrogens with zero attached hydrogens (tertiary/aromatic N) is 3. The summed E-state index contributed by atoms with van der Waals surface area (Å²) < 4.78 is 17.8. The SMILES string of the molecule is CCOc1ccc2ccccc2c1C(=O)N(CCN1CCOCC1)c1nc2cc(OC)ccc2s1. The number of benzene rings is 3. The standard InChI is InChI=1S/C27H29N3O4S/c1-3-34-23-10-8-19-6-4-5-7-21(19)25(23)26(31)30(13-12-29-14-16-33-17-15-29)27-28-22-18-20(32-2)9-11-24(22)35-27/h4-11,18H,3,12-17H2,1-2H3. The van der Waals surface area contributed by atoms with Gasteiger partial charge in [-0.3, -0.25) is 14.6 Å². The van der Waals surface area contributed by atoms with Crippen LogP contribution >= 0.6 is 11.3 Å². The third-order valence-electron chi connectivity index (χ3n) is 6.21. The van der Waals surface area contributed by atoms with Gasteiger partial charge in [0.1, 0.15) is 11.5 Å². The van der Waals surface area contributed by atoms with Crippen molar-refractivity contribution in [2.75, 3.05) is 58.0 Å². The molecule has 0 N–H and O–H groups in total. The van der Waals surface area contributed by atoms with Gasteiger partial charge < -0.3 is 14.2 Å². The maximum atomic E-state index is 14.3. The molecule has 3 aromatic carbocycles. The van der Waals surface area contributed by atoms with Gasteiger partial charge in [-0.15, -0.1) is 0 Å². The molecule has 4 aromatic rings. The smallest absolute Gasteiger partial charge is 0.264 e. The monoisotopic (exact) mass is 491 g/mol. The Hall–Kier alpha value is -3.20. The van der Waals surface area contributed by atoms with Gasteiger partial charge in [0.25, 0.3) is 5.91 Å². The Morgan fingerprint density at radius 2 is 1.97 bits per heavy atom. The Labute approximate surface area is 208 Å². The van der Waals surface area contributed by atoms with E-state index in [4.69, 9.17) is 19.2 Å². The van der Waals surface area contributed by atoms with Gasteiger partial charge in [-0.25, -0.2) is 4.98 Å². The molecule has 0 radical (unpaired) electrons. The van der Waals surface area contributed by atoms with Crippen LogP contribution in [0.3, 0.4) is 0 Å². The molecule has 2 heterocycles. The molecule has 8 heteroatoms. The van der Waals surface area contributed by atoms with E-state index < -0.39 is 0 Å². The molecule has 0 aliphatic carbocycles. The molecule has 0 atom stereocenters. The minimum Gasteiger partial charge on any atom is -0.497 e. The van der Waals surface area contributed by atoms with Gasteiger partial charge in [0.05, 0.1) is 42.7 Å². The topological polar surface area (TPSA) is 64.1 Å². The van der Waals surface area contributed by atoms with E-state index in [0.717, 1.165) is 46.4 Å². The van der Waals surface area contributed by atoms with E-state index in [1.807, 2.05) is 61.5 Å². The van der Waals surface area contributed by atoms with Gasteiger partial charge in [-0.2, -0.15) is 0 Å². The fourth-order valence-corrected chi connectivity index (χ4v) is 5.34. The molecule has 1 aromatic heterocycles. The third-order valence-corrected chi connectivity index (χ3v) is 7.27. The van der Waals surface area contributed by atoms with Crippen molar-refractivity contribution in [2.45, 2.75) is 6.92 Å². The number of carbonyl (C=O) groups excluding carboxylic acids is 1. The minimum absolute atomic E-state index is 0.107. The highest BCUT2D eigenvalue weighted by atomic mass is 32.1. The molecule has 0 saturated carbocycles. The number of rotatable bonds is 8. The van der Waals surface area contributed by atoms with Crippen molar-refractivity contribution in [2.24, 2.45) is 0 Å². The summed E-state index contributed by atoms with van der Waals surface area (Å²) >= 11 is 1.51. The molecular formula is C27H29N3O4S. The van der Waals surface area contributed by atoms with Crippen LogP contribution in [0.4, 0.5) is 5.13 Å². The number of hydrogen-bond donors (Lipinski definition) is 0. The van der Waals surface area contributed by atoms with Gasteiger partial charge in [-0.1, -0.05) is 41.7 Å². The van der Waals surface area contributed by atoms with Crippen LogP contribution in [0.25, 0.3) is 21.0 Å². The highest BCUT2D eigenvalue weighted by molar-refractivity contribution is 7.22. The van der Waals surface area contributed by atoms with E-state index >= 15 is 0 Å². The van der Waals surface area contributed by atoms with Crippen LogP contribution in [-0.4, -0.2) is 68.9 Å². The van der Waals surface area contributed by atoms with Crippen molar-refractivity contribution in [1.82, 2.24) is 9.88 Å². The number of aromatic nitrogens is 1. The number of amides is 1. The Bertz CT molecular complexity index is 1330. The number of anilines is 1. The van der Waals surface area contributed by atoms with E-state index in [2.05, 4.69) is 4.90 Å². The zero-order valence-electron chi connectivity index (χ0n) is 20.0. The van der Waals surface area contributed by atoms with Gasteiger partial charge in [0, 0.05) is 32.2 Å². The van der Waals surface area contributed by atoms with Crippen LogP contribution in [0.15, 0.2) is 54.6 Å². The van der Waals surface area contributed by atoms with E-state index in [1.165, 1.54) is 11.3 Å². The number of thiazole rings is 1. The van der Waals surface area contributed by atoms with Crippen LogP contribution in [0.5, 0.6) is 11.5 Å². The Morgan fingerprint density at radius 3 is 2.77 bits per heavy atom. The molecule has 1 saturated heterocycles. The summed E-state index contributed by atoms with van der Waals surface area (Å²) in [6.07, 6.45) is 0. The molecular weight excluding hydrogens is 462 g/mol. The van der Waals surface area contributed by atoms with Crippen LogP contribution in [0.2, 0.25) is 0 Å². The maximum Gasteiger partial charge on any atom is 0.264 e. The molecule has 7 nitrogen and oxygen atoms in total. The predicted molar refractivity (Wildman–Crippen MR) is 140 cm³/mol. The molecule has 1 fully saturated rings. The Balaban J connectivity index is 1.57. The Morgan fingerprint density at radius 1 is 1.14 bits per heavy atom. The molecule has 35 heavy (non-hydrogen) atoms. The zero-order valence-corrected chi connectivity index (χ0v) is 20.8. The van der Waals surface area contributed by atoms with E-state index in [0.29, 0.717) is 42.8 Å². The molecule has 1 aliphatic heterocycles. The van der Waals surface area contributed by atoms with E-state index in [1.54, 1.807) is 12.0 Å². The summed E-state index contributed by atoms with van der Waals surface area (Å²) in [5.74, 6) is 1.23. The Kier molecular flexibility index (Phi) is 7.13. The lowest BCUT2D eigenvalue weighted by atomic mass is 10.0. The average Bonchev–Trinajstić information content (AvgIpc) is 3.32. The van der Waals surface area contributed by atoms with Crippen LogP contribution in [0.1, 0.15) is 17.3 Å². The van der Waals surface area contributed by atoms with Crippen molar-refractivity contribution >= 4 is 43.4 Å². The van der Waals surface area contributed by atoms with Crippen molar-refractivity contribution in [3.8, 4) is 11.5 Å². The van der Waals surface area contributed by atoms with Gasteiger partial charge in [-0.05, 0) is 35.9 Å². The van der Waals surface area contributed by atoms with Crippen LogP contribution in [-0.2, 0) is 4.74 Å². The second-order valence-corrected chi connectivity index (χ2v) is 9.34. The summed E-state index contributed by atoms with van der Waals surface area (Å²) in [5.41, 5.74) is 1.39. The summed E-state index contributed by atoms with van der Waals surface area (Å²) in [6.45, 7) is 6.82. The number of morpholine rings is 1. The molecule has 5 rings (SSSR count). The van der Waals surface area contributed by atoms with E-state index in [-0.39, 0.29) is 5.91 Å². The number of methoxy groups -OCH3 is 1. The van der Waals surface area contributed by atoms with Crippen molar-refractivity contribution in [3.63, 3.8) is 0 Å². The second kappa shape index (κ2) is 10.6. The minimum atomic E-state index is -0.107. The second-order valence-electron chi connectivity index (χ2n) is 8.33. The quantitative estimate of drug-likeness (QED) is 0.352. The highest BCUT2D eigenvalue weighted by Crippen LogP contribution is 2.35. The largest absolute Gasteiger partial charge is 0.497 e. The highest BCUT2D eigenvalue weighted by Gasteiger charge is 2.27. The van der Waals surface area contributed by atoms with Gasteiger partial charge >= 0.3 is 0 Å². The summed E-state index contributed by atoms with van der Waals surface area (Å²) in [4.78, 5) is 23.2. The lowest BCUT2D eigenvalue weighted by molar-refractivity contribution is 0.0391. The van der Waals surface area contributed by atoms with Crippen molar-refractivity contribution < 1.29 is 19.0 Å². The average molecular weight is 492 g/mol. The maximum absolute atomic E-state index is 14.3. The lowest BCUT2D eigenvalue weighted by Gasteiger charge is -2.29. The normalized spacial score (nSPS) is 14.3. The molecule has 0 bridgehead atoms. The lowest BCUT2D eigenvalue weighted by Crippen LogP contribution is -2.43. The van der Waals surface area contributed by atoms with Gasteiger partial charge in [0.2, 0.25) is 0 Å². The van der Waals surface area contributed by atoms with Crippen molar-refractivity contribution in [3.05, 3.63) is 60.2 Å². The third kappa shape index (κ3) is 4.96. The number of carbonyl (C=O) groups is 1. The summed E-state index contributed by atoms with van der Waals surface area (Å²) in [7, 11) is 1.64.